The maximum atomic E-state index is 9.34. The summed E-state index contributed by atoms with van der Waals surface area (Å²) in [6, 6.07) is 4.84. The average Bonchev–Trinajstić information content (AvgIpc) is 2.58. The van der Waals surface area contributed by atoms with Gasteiger partial charge in [-0.1, -0.05) is 15.9 Å². The summed E-state index contributed by atoms with van der Waals surface area (Å²) in [7, 11) is 0. The molecule has 0 radical (unpaired) electrons. The second-order valence-electron chi connectivity index (χ2n) is 5.29. The second-order valence-corrected chi connectivity index (χ2v) is 7.06. The van der Waals surface area contributed by atoms with Gasteiger partial charge in [-0.15, -0.1) is 0 Å². The number of rotatable bonds is 1. The molecule has 11 heteroatoms. The van der Waals surface area contributed by atoms with Crippen LogP contribution >= 0.6 is 31.9 Å². The molecule has 2 heterocycles. The molecule has 8 N–H and O–H groups in total. The number of nitriles is 2. The Morgan fingerprint density at radius 2 is 1.88 bits per heavy atom. The number of nitrogens with one attached hydrogen (secondary N) is 2. The Morgan fingerprint density at radius 3 is 2.54 bits per heavy atom. The molecule has 1 aromatic carbocycles. The van der Waals surface area contributed by atoms with Crippen LogP contribution in [0.15, 0.2) is 26.1 Å². The van der Waals surface area contributed by atoms with Crippen LogP contribution in [0.1, 0.15) is 22.7 Å². The van der Waals surface area contributed by atoms with Crippen LogP contribution in [0.3, 0.4) is 0 Å². The van der Waals surface area contributed by atoms with Crippen LogP contribution in [0.4, 0.5) is 23.0 Å². The third-order valence-corrected chi connectivity index (χ3v) is 4.89. The zero-order valence-electron chi connectivity index (χ0n) is 13.0. The molecule has 1 unspecified atom stereocenters. The molecule has 0 aliphatic carbocycles. The third-order valence-electron chi connectivity index (χ3n) is 3.78. The first-order chi connectivity index (χ1) is 12.4. The van der Waals surface area contributed by atoms with E-state index >= 15 is 0 Å². The summed E-state index contributed by atoms with van der Waals surface area (Å²) in [5, 5.41) is 23.5. The molecule has 0 saturated carbocycles. The number of aliphatic imine (C=N–C) groups is 1. The van der Waals surface area contributed by atoms with E-state index in [1.54, 1.807) is 18.3 Å². The number of pyridine rings is 1. The Hall–Kier alpha value is -3.02. The van der Waals surface area contributed by atoms with E-state index in [0.717, 1.165) is 4.47 Å². The molecular weight excluding hydrogens is 466 g/mol. The molecule has 1 aliphatic rings. The van der Waals surface area contributed by atoms with Gasteiger partial charge in [-0.05, 0) is 28.1 Å². The lowest BCUT2D eigenvalue weighted by Crippen LogP contribution is -2.33. The standard InChI is InChI=1S/C15H11Br2N9/c16-5-1-6(10(20)8(17)2-5)12-9-11(21)7(3-18)13(22)25-14(9)26-15(24-12)23-4-19/h1-2,12H,20H2,(H6,21,22,23,24,25,26). The molecule has 1 atom stereocenters. The summed E-state index contributed by atoms with van der Waals surface area (Å²) in [5.41, 5.74) is 20.0. The van der Waals surface area contributed by atoms with Gasteiger partial charge < -0.3 is 22.5 Å². The van der Waals surface area contributed by atoms with Gasteiger partial charge in [-0.2, -0.15) is 10.5 Å². The highest BCUT2D eigenvalue weighted by atomic mass is 79.9. The zero-order valence-corrected chi connectivity index (χ0v) is 16.2. The van der Waals surface area contributed by atoms with E-state index in [-0.39, 0.29) is 23.0 Å². The van der Waals surface area contributed by atoms with Gasteiger partial charge in [-0.25, -0.2) is 9.98 Å². The van der Waals surface area contributed by atoms with E-state index in [1.807, 2.05) is 6.07 Å². The van der Waals surface area contributed by atoms with E-state index in [9.17, 15) is 5.26 Å². The smallest absolute Gasteiger partial charge is 0.211 e. The molecule has 0 fully saturated rings. The normalized spacial score (nSPS) is 15.1. The molecule has 0 spiro atoms. The van der Waals surface area contributed by atoms with Crippen LogP contribution < -0.4 is 27.8 Å². The summed E-state index contributed by atoms with van der Waals surface area (Å²) < 4.78 is 1.43. The number of hydrogen-bond donors (Lipinski definition) is 5. The van der Waals surface area contributed by atoms with Crippen molar-refractivity contribution < 1.29 is 0 Å². The van der Waals surface area contributed by atoms with Crippen molar-refractivity contribution >= 4 is 60.8 Å². The first-order valence-electron chi connectivity index (χ1n) is 7.10. The minimum absolute atomic E-state index is 0.0170. The summed E-state index contributed by atoms with van der Waals surface area (Å²) in [6.07, 6.45) is 1.79. The van der Waals surface area contributed by atoms with Crippen molar-refractivity contribution in [3.05, 3.63) is 37.8 Å². The number of benzene rings is 1. The van der Waals surface area contributed by atoms with E-state index < -0.39 is 6.04 Å². The number of nitrogens with two attached hydrogens (primary N) is 3. The molecule has 1 aromatic heterocycles. The van der Waals surface area contributed by atoms with Crippen LogP contribution in [0.25, 0.3) is 0 Å². The monoisotopic (exact) mass is 475 g/mol. The van der Waals surface area contributed by atoms with Crippen LogP contribution in [-0.2, 0) is 0 Å². The largest absolute Gasteiger partial charge is 0.398 e. The molecule has 2 aromatic rings. The first-order valence-corrected chi connectivity index (χ1v) is 8.69. The van der Waals surface area contributed by atoms with Crippen molar-refractivity contribution in [3.8, 4) is 12.3 Å². The number of fused-ring (bicyclic) bond motifs is 1. The third kappa shape index (κ3) is 2.87. The SMILES string of the molecule is N#CNC1=NC(c2cc(Br)cc(Br)c2N)c2c(nc(N)c(C#N)c2N)N1. The van der Waals surface area contributed by atoms with Crippen molar-refractivity contribution in [1.82, 2.24) is 10.3 Å². The predicted octanol–water partition coefficient (Wildman–Crippen LogP) is 2.17. The molecule has 3 rings (SSSR count). The first kappa shape index (κ1) is 17.8. The Balaban J connectivity index is 2.32. The topological polar surface area (TPSA) is 175 Å². The Kier molecular flexibility index (Phi) is 4.59. The van der Waals surface area contributed by atoms with Gasteiger partial charge >= 0.3 is 0 Å². The highest BCUT2D eigenvalue weighted by Gasteiger charge is 2.31. The molecule has 0 amide bonds. The lowest BCUT2D eigenvalue weighted by Gasteiger charge is -2.27. The maximum absolute atomic E-state index is 9.34. The number of hydrogen-bond acceptors (Lipinski definition) is 9. The summed E-state index contributed by atoms with van der Waals surface area (Å²) in [4.78, 5) is 8.67. The van der Waals surface area contributed by atoms with Gasteiger partial charge in [-0.3, -0.25) is 5.32 Å². The van der Waals surface area contributed by atoms with Gasteiger partial charge in [0.05, 0.1) is 11.4 Å². The van der Waals surface area contributed by atoms with Gasteiger partial charge in [0.1, 0.15) is 29.3 Å². The molecule has 0 saturated heterocycles. The van der Waals surface area contributed by atoms with Crippen LogP contribution in [-0.4, -0.2) is 10.9 Å². The van der Waals surface area contributed by atoms with Crippen molar-refractivity contribution in [3.63, 3.8) is 0 Å². The van der Waals surface area contributed by atoms with Crippen molar-refractivity contribution in [2.75, 3.05) is 22.5 Å². The van der Waals surface area contributed by atoms with Gasteiger partial charge in [0.25, 0.3) is 0 Å². The predicted molar refractivity (Wildman–Crippen MR) is 106 cm³/mol. The van der Waals surface area contributed by atoms with E-state index in [2.05, 4.69) is 52.5 Å². The van der Waals surface area contributed by atoms with E-state index in [1.165, 1.54) is 0 Å². The number of guanidine groups is 1. The highest BCUT2D eigenvalue weighted by Crippen LogP contribution is 2.44. The molecule has 130 valence electrons. The van der Waals surface area contributed by atoms with E-state index in [0.29, 0.717) is 27.1 Å². The number of nitrogens with zero attached hydrogens (tertiary/aromatic N) is 4. The van der Waals surface area contributed by atoms with Crippen molar-refractivity contribution in [1.29, 1.82) is 10.5 Å². The number of anilines is 4. The van der Waals surface area contributed by atoms with Crippen molar-refractivity contribution in [2.24, 2.45) is 4.99 Å². The number of halogens is 2. The fraction of sp³-hybridized carbons (Fsp3) is 0.0667. The molecule has 26 heavy (non-hydrogen) atoms. The van der Waals surface area contributed by atoms with Crippen molar-refractivity contribution in [2.45, 2.75) is 6.04 Å². The summed E-state index contributed by atoms with van der Waals surface area (Å²) >= 11 is 6.82. The molecule has 0 bridgehead atoms. The quantitative estimate of drug-likeness (QED) is 0.236. The van der Waals surface area contributed by atoms with Crippen LogP contribution in [0.5, 0.6) is 0 Å². The summed E-state index contributed by atoms with van der Waals surface area (Å²) in [6.45, 7) is 0. The Bertz CT molecular complexity index is 1030. The maximum Gasteiger partial charge on any atom is 0.211 e. The fourth-order valence-electron chi connectivity index (χ4n) is 2.64. The van der Waals surface area contributed by atoms with Crippen LogP contribution in [0, 0.1) is 22.8 Å². The van der Waals surface area contributed by atoms with Crippen LogP contribution in [0.2, 0.25) is 0 Å². The zero-order chi connectivity index (χ0) is 19.0. The number of aromatic nitrogens is 1. The molecular formula is C15H11Br2N9. The lowest BCUT2D eigenvalue weighted by atomic mass is 9.94. The highest BCUT2D eigenvalue weighted by molar-refractivity contribution is 9.11. The minimum Gasteiger partial charge on any atom is -0.398 e. The molecule has 1 aliphatic heterocycles. The fourth-order valence-corrected chi connectivity index (χ4v) is 3.90. The Morgan fingerprint density at radius 1 is 1.15 bits per heavy atom. The lowest BCUT2D eigenvalue weighted by molar-refractivity contribution is 0.848. The molecule has 9 nitrogen and oxygen atoms in total. The van der Waals surface area contributed by atoms with Gasteiger partial charge in [0.2, 0.25) is 5.96 Å². The van der Waals surface area contributed by atoms with Gasteiger partial charge in [0.15, 0.2) is 6.19 Å². The Labute approximate surface area is 165 Å². The average molecular weight is 477 g/mol. The minimum atomic E-state index is -0.698. The van der Waals surface area contributed by atoms with Gasteiger partial charge in [0, 0.05) is 20.1 Å². The summed E-state index contributed by atoms with van der Waals surface area (Å²) in [5.74, 6) is 0.445. The second kappa shape index (κ2) is 6.71. The number of nitrogen functional groups attached to an aromatic ring is 3. The van der Waals surface area contributed by atoms with E-state index in [4.69, 9.17) is 22.5 Å².